The Balaban J connectivity index is 1.84. The Kier molecular flexibility index (Phi) is 7.49. The molecule has 90 valence electrons. The zero-order chi connectivity index (χ0) is 10.9. The summed E-state index contributed by atoms with van der Waals surface area (Å²) in [5, 5.41) is 4.20. The van der Waals surface area contributed by atoms with Crippen molar-refractivity contribution in [2.45, 2.75) is 50.9 Å². The fourth-order valence-electron chi connectivity index (χ4n) is 1.82. The Morgan fingerprint density at radius 3 is 2.87 bits per heavy atom. The predicted octanol–water partition coefficient (Wildman–Crippen LogP) is 2.68. The molecule has 2 atom stereocenters. The van der Waals surface area contributed by atoms with E-state index in [2.05, 4.69) is 30.9 Å². The molecule has 0 saturated carbocycles. The van der Waals surface area contributed by atoms with Gasteiger partial charge in [-0.15, -0.1) is 0 Å². The summed E-state index contributed by atoms with van der Waals surface area (Å²) in [7, 11) is 0. The number of rotatable bonds is 8. The van der Waals surface area contributed by atoms with Crippen molar-refractivity contribution in [2.75, 3.05) is 25.4 Å². The smallest absolute Gasteiger partial charge is 0.0666 e. The van der Waals surface area contributed by atoms with Crippen LogP contribution in [0.4, 0.5) is 0 Å². The minimum Gasteiger partial charge on any atom is -0.377 e. The zero-order valence-corrected chi connectivity index (χ0v) is 10.9. The Bertz CT molecular complexity index is 155. The van der Waals surface area contributed by atoms with Gasteiger partial charge in [0.15, 0.2) is 0 Å². The summed E-state index contributed by atoms with van der Waals surface area (Å²) in [6.07, 6.45) is 5.62. The number of hydrogen-bond donors (Lipinski definition) is 1. The summed E-state index contributed by atoms with van der Waals surface area (Å²) in [5.41, 5.74) is 0. The van der Waals surface area contributed by atoms with Gasteiger partial charge in [-0.25, -0.2) is 0 Å². The molecule has 0 aliphatic carbocycles. The molecule has 0 aromatic carbocycles. The molecule has 0 spiro atoms. The van der Waals surface area contributed by atoms with E-state index in [1.165, 1.54) is 44.5 Å². The van der Waals surface area contributed by atoms with Gasteiger partial charge < -0.3 is 10.1 Å². The molecular weight excluding hydrogens is 206 g/mol. The minimum atomic E-state index is 0.480. The number of nitrogens with one attached hydrogen (secondary N) is 1. The number of thioether (sulfide) groups is 1. The summed E-state index contributed by atoms with van der Waals surface area (Å²) in [6.45, 7) is 7.74. The van der Waals surface area contributed by atoms with E-state index >= 15 is 0 Å². The maximum atomic E-state index is 5.54. The van der Waals surface area contributed by atoms with Crippen LogP contribution in [-0.4, -0.2) is 36.8 Å². The van der Waals surface area contributed by atoms with Crippen molar-refractivity contribution in [1.82, 2.24) is 5.32 Å². The number of ether oxygens (including phenoxy) is 1. The first-order valence-corrected chi connectivity index (χ1v) is 7.33. The lowest BCUT2D eigenvalue weighted by molar-refractivity contribution is 0.127. The van der Waals surface area contributed by atoms with E-state index in [0.29, 0.717) is 6.10 Å². The monoisotopic (exact) mass is 231 g/mol. The van der Waals surface area contributed by atoms with Crippen molar-refractivity contribution in [3.8, 4) is 0 Å². The maximum absolute atomic E-state index is 5.54. The average Bonchev–Trinajstić information content (AvgIpc) is 2.63. The highest BCUT2D eigenvalue weighted by Crippen LogP contribution is 2.26. The Hall–Kier alpha value is 0.270. The van der Waals surface area contributed by atoms with Gasteiger partial charge in [-0.2, -0.15) is 11.8 Å². The van der Waals surface area contributed by atoms with Crippen molar-refractivity contribution >= 4 is 11.8 Å². The van der Waals surface area contributed by atoms with Crippen molar-refractivity contribution < 1.29 is 4.74 Å². The van der Waals surface area contributed by atoms with Crippen molar-refractivity contribution in [3.63, 3.8) is 0 Å². The van der Waals surface area contributed by atoms with Gasteiger partial charge in [0, 0.05) is 11.9 Å². The summed E-state index contributed by atoms with van der Waals surface area (Å²) in [4.78, 5) is 0. The van der Waals surface area contributed by atoms with E-state index in [9.17, 15) is 0 Å². The first kappa shape index (κ1) is 13.3. The van der Waals surface area contributed by atoms with Gasteiger partial charge in [-0.05, 0) is 51.4 Å². The Morgan fingerprint density at radius 1 is 1.33 bits per heavy atom. The normalized spacial score (nSPS) is 26.0. The lowest BCUT2D eigenvalue weighted by Crippen LogP contribution is -2.16. The molecule has 1 saturated heterocycles. The van der Waals surface area contributed by atoms with E-state index in [0.717, 1.165) is 11.9 Å². The van der Waals surface area contributed by atoms with Crippen LogP contribution in [0.25, 0.3) is 0 Å². The van der Waals surface area contributed by atoms with Gasteiger partial charge in [-0.1, -0.05) is 6.92 Å². The van der Waals surface area contributed by atoms with Crippen LogP contribution in [0.3, 0.4) is 0 Å². The molecule has 1 heterocycles. The lowest BCUT2D eigenvalue weighted by atomic mass is 10.3. The van der Waals surface area contributed by atoms with Crippen LogP contribution in [0, 0.1) is 0 Å². The fourth-order valence-corrected chi connectivity index (χ4v) is 3.11. The molecule has 3 heteroatoms. The van der Waals surface area contributed by atoms with E-state index in [1.807, 2.05) is 0 Å². The van der Waals surface area contributed by atoms with Gasteiger partial charge in [0.05, 0.1) is 6.10 Å². The Morgan fingerprint density at radius 2 is 2.20 bits per heavy atom. The highest BCUT2D eigenvalue weighted by atomic mass is 32.2. The summed E-state index contributed by atoms with van der Waals surface area (Å²) in [6, 6.07) is 0. The molecule has 0 bridgehead atoms. The molecule has 0 amide bonds. The molecule has 15 heavy (non-hydrogen) atoms. The van der Waals surface area contributed by atoms with E-state index in [1.54, 1.807) is 0 Å². The average molecular weight is 231 g/mol. The summed E-state index contributed by atoms with van der Waals surface area (Å²) < 4.78 is 5.54. The Labute approximate surface area is 98.5 Å². The van der Waals surface area contributed by atoms with Gasteiger partial charge in [0.1, 0.15) is 0 Å². The number of unbranched alkanes of at least 4 members (excludes halogenated alkanes) is 1. The van der Waals surface area contributed by atoms with Crippen LogP contribution in [0.15, 0.2) is 0 Å². The topological polar surface area (TPSA) is 21.3 Å². The molecule has 2 nitrogen and oxygen atoms in total. The zero-order valence-electron chi connectivity index (χ0n) is 10.1. The third-order valence-electron chi connectivity index (χ3n) is 2.81. The van der Waals surface area contributed by atoms with Gasteiger partial charge >= 0.3 is 0 Å². The van der Waals surface area contributed by atoms with Gasteiger partial charge in [-0.3, -0.25) is 0 Å². The largest absolute Gasteiger partial charge is 0.377 e. The molecule has 1 N–H and O–H groups in total. The van der Waals surface area contributed by atoms with E-state index < -0.39 is 0 Å². The molecule has 0 radical (unpaired) electrons. The highest BCUT2D eigenvalue weighted by Gasteiger charge is 2.23. The standard InChI is InChI=1S/C12H25NOS/c1-3-7-13-8-4-5-10-15-12-6-9-14-11(12)2/h11-13H,3-10H2,1-2H3. The van der Waals surface area contributed by atoms with Crippen LogP contribution in [0.5, 0.6) is 0 Å². The first-order valence-electron chi connectivity index (χ1n) is 6.28. The molecule has 1 aliphatic heterocycles. The molecule has 2 unspecified atom stereocenters. The van der Waals surface area contributed by atoms with Gasteiger partial charge in [0.2, 0.25) is 0 Å². The molecule has 0 aromatic heterocycles. The first-order chi connectivity index (χ1) is 7.34. The molecule has 1 fully saturated rings. The highest BCUT2D eigenvalue weighted by molar-refractivity contribution is 7.99. The van der Waals surface area contributed by atoms with Crippen molar-refractivity contribution in [3.05, 3.63) is 0 Å². The fraction of sp³-hybridized carbons (Fsp3) is 1.00. The predicted molar refractivity (Wildman–Crippen MR) is 68.7 cm³/mol. The molecule has 1 aliphatic rings. The molecule has 0 aromatic rings. The minimum absolute atomic E-state index is 0.480. The van der Waals surface area contributed by atoms with Gasteiger partial charge in [0.25, 0.3) is 0 Å². The van der Waals surface area contributed by atoms with Crippen molar-refractivity contribution in [1.29, 1.82) is 0 Å². The van der Waals surface area contributed by atoms with Crippen LogP contribution < -0.4 is 5.32 Å². The van der Waals surface area contributed by atoms with E-state index in [4.69, 9.17) is 4.74 Å². The molecular formula is C12H25NOS. The van der Waals surface area contributed by atoms with Crippen LogP contribution in [0.1, 0.15) is 39.5 Å². The lowest BCUT2D eigenvalue weighted by Gasteiger charge is -2.13. The maximum Gasteiger partial charge on any atom is 0.0666 e. The van der Waals surface area contributed by atoms with E-state index in [-0.39, 0.29) is 0 Å². The third-order valence-corrected chi connectivity index (χ3v) is 4.38. The number of hydrogen-bond acceptors (Lipinski definition) is 3. The van der Waals surface area contributed by atoms with Crippen LogP contribution >= 0.6 is 11.8 Å². The SMILES string of the molecule is CCCNCCCCSC1CCOC1C. The summed E-state index contributed by atoms with van der Waals surface area (Å²) >= 11 is 2.10. The molecule has 1 rings (SSSR count). The quantitative estimate of drug-likeness (QED) is 0.649. The second-order valence-electron chi connectivity index (χ2n) is 4.23. The second kappa shape index (κ2) is 8.43. The van der Waals surface area contributed by atoms with Crippen LogP contribution in [0.2, 0.25) is 0 Å². The summed E-state index contributed by atoms with van der Waals surface area (Å²) in [5.74, 6) is 1.30. The third kappa shape index (κ3) is 5.79. The van der Waals surface area contributed by atoms with Crippen LogP contribution in [-0.2, 0) is 4.74 Å². The second-order valence-corrected chi connectivity index (χ2v) is 5.58. The van der Waals surface area contributed by atoms with Crippen molar-refractivity contribution in [2.24, 2.45) is 0 Å².